The number of aryl methyl sites for hydroxylation is 1. The molecule has 3 rings (SSSR count). The molecule has 1 unspecified atom stereocenters. The van der Waals surface area contributed by atoms with E-state index in [-0.39, 0.29) is 0 Å². The van der Waals surface area contributed by atoms with E-state index in [9.17, 15) is 0 Å². The first-order valence-corrected chi connectivity index (χ1v) is 8.51. The van der Waals surface area contributed by atoms with Crippen molar-refractivity contribution in [2.24, 2.45) is 0 Å². The molecule has 22 heavy (non-hydrogen) atoms. The average Bonchev–Trinajstić information content (AvgIpc) is 2.83. The normalized spacial score (nSPS) is 19.5. The Balaban J connectivity index is 1.81. The van der Waals surface area contributed by atoms with Crippen LogP contribution in [0.1, 0.15) is 45.1 Å². The standard InChI is InChI=1S/C17H26N4O/c1-3-10-22-14-6-5-8-21(9-7-14)17-15-13(4-2)11-18-16(15)19-12-20-17/h11-12,14H,3-10H2,1-2H3,(H,18,19,20). The maximum atomic E-state index is 5.95. The van der Waals surface area contributed by atoms with E-state index in [0.717, 1.165) is 63.3 Å². The van der Waals surface area contributed by atoms with Gasteiger partial charge in [-0.25, -0.2) is 9.97 Å². The summed E-state index contributed by atoms with van der Waals surface area (Å²) in [6, 6.07) is 0. The molecule has 0 amide bonds. The summed E-state index contributed by atoms with van der Waals surface area (Å²) in [7, 11) is 0. The average molecular weight is 302 g/mol. The lowest BCUT2D eigenvalue weighted by Crippen LogP contribution is -2.26. The fourth-order valence-electron chi connectivity index (χ4n) is 3.26. The third-order valence-corrected chi connectivity index (χ3v) is 4.44. The zero-order chi connectivity index (χ0) is 15.4. The summed E-state index contributed by atoms with van der Waals surface area (Å²) in [6.45, 7) is 7.27. The number of H-pyrrole nitrogens is 1. The summed E-state index contributed by atoms with van der Waals surface area (Å²) in [6.07, 6.45) is 9.62. The summed E-state index contributed by atoms with van der Waals surface area (Å²) >= 11 is 0. The van der Waals surface area contributed by atoms with Gasteiger partial charge in [-0.15, -0.1) is 0 Å². The molecule has 0 aromatic carbocycles. The monoisotopic (exact) mass is 302 g/mol. The van der Waals surface area contributed by atoms with E-state index in [1.165, 1.54) is 10.9 Å². The second-order valence-corrected chi connectivity index (χ2v) is 6.00. The fourth-order valence-corrected chi connectivity index (χ4v) is 3.26. The van der Waals surface area contributed by atoms with Crippen molar-refractivity contribution in [3.8, 4) is 0 Å². The molecule has 1 aliphatic heterocycles. The van der Waals surface area contributed by atoms with E-state index in [1.54, 1.807) is 6.33 Å². The number of aromatic nitrogens is 3. The summed E-state index contributed by atoms with van der Waals surface area (Å²) in [5.74, 6) is 1.08. The minimum atomic E-state index is 0.402. The molecular weight excluding hydrogens is 276 g/mol. The first kappa shape index (κ1) is 15.3. The van der Waals surface area contributed by atoms with Gasteiger partial charge >= 0.3 is 0 Å². The molecule has 2 aromatic heterocycles. The second kappa shape index (κ2) is 7.09. The third-order valence-electron chi connectivity index (χ3n) is 4.44. The molecule has 1 atom stereocenters. The summed E-state index contributed by atoms with van der Waals surface area (Å²) in [5, 5.41) is 1.19. The lowest BCUT2D eigenvalue weighted by atomic mass is 10.1. The Morgan fingerprint density at radius 1 is 1.27 bits per heavy atom. The number of nitrogens with zero attached hydrogens (tertiary/aromatic N) is 3. The molecule has 5 nitrogen and oxygen atoms in total. The van der Waals surface area contributed by atoms with E-state index in [2.05, 4.69) is 39.9 Å². The van der Waals surface area contributed by atoms with Crippen molar-refractivity contribution in [3.63, 3.8) is 0 Å². The van der Waals surface area contributed by atoms with Gasteiger partial charge in [-0.05, 0) is 37.7 Å². The molecule has 0 aliphatic carbocycles. The van der Waals surface area contributed by atoms with Gasteiger partial charge in [0.25, 0.3) is 0 Å². The summed E-state index contributed by atoms with van der Waals surface area (Å²) in [4.78, 5) is 14.6. The number of ether oxygens (including phenoxy) is 1. The van der Waals surface area contributed by atoms with Crippen LogP contribution >= 0.6 is 0 Å². The van der Waals surface area contributed by atoms with Crippen LogP contribution in [0.4, 0.5) is 5.82 Å². The molecule has 2 aromatic rings. The molecule has 1 aliphatic rings. The van der Waals surface area contributed by atoms with Gasteiger partial charge in [0.05, 0.1) is 11.5 Å². The van der Waals surface area contributed by atoms with Crippen molar-refractivity contribution < 1.29 is 4.74 Å². The topological polar surface area (TPSA) is 54.0 Å². The van der Waals surface area contributed by atoms with Crippen molar-refractivity contribution in [2.75, 3.05) is 24.6 Å². The lowest BCUT2D eigenvalue weighted by Gasteiger charge is -2.22. The molecule has 0 saturated carbocycles. The Kier molecular flexibility index (Phi) is 4.93. The molecule has 0 bridgehead atoms. The first-order chi connectivity index (χ1) is 10.8. The molecule has 1 saturated heterocycles. The molecule has 5 heteroatoms. The Morgan fingerprint density at radius 2 is 2.18 bits per heavy atom. The number of hydrogen-bond acceptors (Lipinski definition) is 4. The van der Waals surface area contributed by atoms with E-state index < -0.39 is 0 Å². The van der Waals surface area contributed by atoms with Gasteiger partial charge < -0.3 is 14.6 Å². The predicted molar refractivity (Wildman–Crippen MR) is 89.4 cm³/mol. The van der Waals surface area contributed by atoms with Gasteiger partial charge in [0.2, 0.25) is 0 Å². The Morgan fingerprint density at radius 3 is 3.00 bits per heavy atom. The quantitative estimate of drug-likeness (QED) is 0.920. The van der Waals surface area contributed by atoms with Gasteiger partial charge in [-0.2, -0.15) is 0 Å². The van der Waals surface area contributed by atoms with Crippen LogP contribution in [0, 0.1) is 0 Å². The Hall–Kier alpha value is -1.62. The molecular formula is C17H26N4O. The maximum Gasteiger partial charge on any atom is 0.143 e. The smallest absolute Gasteiger partial charge is 0.143 e. The van der Waals surface area contributed by atoms with Crippen LogP contribution in [0.15, 0.2) is 12.5 Å². The summed E-state index contributed by atoms with van der Waals surface area (Å²) < 4.78 is 5.95. The second-order valence-electron chi connectivity index (χ2n) is 6.00. The highest BCUT2D eigenvalue weighted by Gasteiger charge is 2.21. The van der Waals surface area contributed by atoms with E-state index in [4.69, 9.17) is 4.74 Å². The minimum Gasteiger partial charge on any atom is -0.378 e. The van der Waals surface area contributed by atoms with Crippen molar-refractivity contribution in [3.05, 3.63) is 18.1 Å². The number of rotatable bonds is 5. The van der Waals surface area contributed by atoms with Crippen molar-refractivity contribution >= 4 is 16.9 Å². The Labute approximate surface area is 132 Å². The highest BCUT2D eigenvalue weighted by Crippen LogP contribution is 2.28. The first-order valence-electron chi connectivity index (χ1n) is 8.51. The fraction of sp³-hybridized carbons (Fsp3) is 0.647. The number of nitrogens with one attached hydrogen (secondary N) is 1. The van der Waals surface area contributed by atoms with Crippen LogP contribution in [-0.2, 0) is 11.2 Å². The van der Waals surface area contributed by atoms with E-state index in [1.807, 2.05) is 0 Å². The zero-order valence-corrected chi connectivity index (χ0v) is 13.6. The third kappa shape index (κ3) is 3.09. The highest BCUT2D eigenvalue weighted by atomic mass is 16.5. The van der Waals surface area contributed by atoms with Gasteiger partial charge in [0, 0.05) is 25.9 Å². The number of fused-ring (bicyclic) bond motifs is 1. The molecule has 0 radical (unpaired) electrons. The molecule has 1 fully saturated rings. The van der Waals surface area contributed by atoms with Crippen molar-refractivity contribution in [2.45, 2.75) is 52.1 Å². The lowest BCUT2D eigenvalue weighted by molar-refractivity contribution is 0.0461. The molecule has 0 spiro atoms. The molecule has 120 valence electrons. The van der Waals surface area contributed by atoms with Crippen LogP contribution in [0.5, 0.6) is 0 Å². The van der Waals surface area contributed by atoms with E-state index >= 15 is 0 Å². The van der Waals surface area contributed by atoms with Gasteiger partial charge in [0.15, 0.2) is 0 Å². The molecule has 1 N–H and O–H groups in total. The van der Waals surface area contributed by atoms with Crippen molar-refractivity contribution in [1.29, 1.82) is 0 Å². The van der Waals surface area contributed by atoms with Crippen molar-refractivity contribution in [1.82, 2.24) is 15.0 Å². The highest BCUT2D eigenvalue weighted by molar-refractivity contribution is 5.90. The SMILES string of the molecule is CCCOC1CCCN(c2ncnc3[nH]cc(CC)c23)CC1. The predicted octanol–water partition coefficient (Wildman–Crippen LogP) is 3.31. The largest absolute Gasteiger partial charge is 0.378 e. The minimum absolute atomic E-state index is 0.402. The summed E-state index contributed by atoms with van der Waals surface area (Å²) in [5.41, 5.74) is 2.25. The maximum absolute atomic E-state index is 5.95. The van der Waals surface area contributed by atoms with Crippen LogP contribution in [0.25, 0.3) is 11.0 Å². The van der Waals surface area contributed by atoms with Gasteiger partial charge in [0.1, 0.15) is 17.8 Å². The number of hydrogen-bond donors (Lipinski definition) is 1. The van der Waals surface area contributed by atoms with Crippen LogP contribution in [0.2, 0.25) is 0 Å². The van der Waals surface area contributed by atoms with E-state index in [0.29, 0.717) is 6.10 Å². The van der Waals surface area contributed by atoms with Crippen LogP contribution in [-0.4, -0.2) is 40.8 Å². The molecule has 3 heterocycles. The number of aromatic amines is 1. The van der Waals surface area contributed by atoms with Crippen LogP contribution in [0.3, 0.4) is 0 Å². The van der Waals surface area contributed by atoms with Gasteiger partial charge in [-0.1, -0.05) is 13.8 Å². The Bertz CT molecular complexity index is 610. The number of anilines is 1. The van der Waals surface area contributed by atoms with Crippen LogP contribution < -0.4 is 4.90 Å². The zero-order valence-electron chi connectivity index (χ0n) is 13.6. The van der Waals surface area contributed by atoms with Gasteiger partial charge in [-0.3, -0.25) is 0 Å².